The predicted molar refractivity (Wildman–Crippen MR) is 119 cm³/mol. The molecule has 0 saturated carbocycles. The maximum absolute atomic E-state index is 12.6. The minimum Gasteiger partial charge on any atom is -0.348 e. The Morgan fingerprint density at radius 2 is 1.68 bits per heavy atom. The van der Waals surface area contributed by atoms with Crippen LogP contribution in [0.25, 0.3) is 0 Å². The Labute approximate surface area is 180 Å². The van der Waals surface area contributed by atoms with Crippen LogP contribution in [0.1, 0.15) is 33.2 Å². The van der Waals surface area contributed by atoms with Crippen LogP contribution in [0.4, 0.5) is 11.4 Å². The SMILES string of the molecule is CCS(=O)(=O)Nc1ccc(C(=O)Nc2ccccc2C(=O)NCc2cccnc2)cc1. The summed E-state index contributed by atoms with van der Waals surface area (Å²) in [6, 6.07) is 16.4. The molecule has 0 aliphatic carbocycles. The third-order valence-corrected chi connectivity index (χ3v) is 5.70. The number of nitrogens with one attached hydrogen (secondary N) is 3. The molecule has 8 nitrogen and oxygen atoms in total. The van der Waals surface area contributed by atoms with Gasteiger partial charge >= 0.3 is 0 Å². The number of rotatable bonds is 8. The van der Waals surface area contributed by atoms with Gasteiger partial charge in [0.15, 0.2) is 0 Å². The van der Waals surface area contributed by atoms with Gasteiger partial charge in [-0.3, -0.25) is 19.3 Å². The van der Waals surface area contributed by atoms with Gasteiger partial charge < -0.3 is 10.6 Å². The van der Waals surface area contributed by atoms with E-state index in [4.69, 9.17) is 0 Å². The number of benzene rings is 2. The molecule has 2 aromatic carbocycles. The molecular weight excluding hydrogens is 416 g/mol. The molecule has 3 rings (SSSR count). The minimum atomic E-state index is -3.39. The zero-order valence-electron chi connectivity index (χ0n) is 16.8. The van der Waals surface area contributed by atoms with Crippen molar-refractivity contribution in [3.8, 4) is 0 Å². The molecule has 0 unspecified atom stereocenters. The first-order valence-electron chi connectivity index (χ1n) is 9.56. The molecule has 0 atom stereocenters. The highest BCUT2D eigenvalue weighted by Gasteiger charge is 2.14. The number of carbonyl (C=O) groups is 2. The third-order valence-electron chi connectivity index (χ3n) is 4.40. The van der Waals surface area contributed by atoms with E-state index in [0.29, 0.717) is 29.0 Å². The summed E-state index contributed by atoms with van der Waals surface area (Å²) < 4.78 is 25.7. The highest BCUT2D eigenvalue weighted by atomic mass is 32.2. The van der Waals surface area contributed by atoms with Gasteiger partial charge in [0.25, 0.3) is 11.8 Å². The molecule has 3 N–H and O–H groups in total. The topological polar surface area (TPSA) is 117 Å². The number of nitrogens with zero attached hydrogens (tertiary/aromatic N) is 1. The second kappa shape index (κ2) is 9.86. The molecular formula is C22H22N4O4S. The van der Waals surface area contributed by atoms with Crippen molar-refractivity contribution in [3.05, 3.63) is 89.7 Å². The maximum Gasteiger partial charge on any atom is 0.255 e. The van der Waals surface area contributed by atoms with Gasteiger partial charge in [-0.15, -0.1) is 0 Å². The van der Waals surface area contributed by atoms with Gasteiger partial charge in [0, 0.05) is 30.2 Å². The van der Waals surface area contributed by atoms with Crippen molar-refractivity contribution in [2.24, 2.45) is 0 Å². The summed E-state index contributed by atoms with van der Waals surface area (Å²) in [7, 11) is -3.39. The van der Waals surface area contributed by atoms with Crippen molar-refractivity contribution < 1.29 is 18.0 Å². The number of pyridine rings is 1. The molecule has 2 amide bonds. The smallest absolute Gasteiger partial charge is 0.255 e. The van der Waals surface area contributed by atoms with Crippen LogP contribution in [-0.2, 0) is 16.6 Å². The first-order chi connectivity index (χ1) is 14.9. The fourth-order valence-corrected chi connectivity index (χ4v) is 3.35. The molecule has 3 aromatic rings. The van der Waals surface area contributed by atoms with Crippen LogP contribution in [0, 0.1) is 0 Å². The van der Waals surface area contributed by atoms with Crippen LogP contribution >= 0.6 is 0 Å². The van der Waals surface area contributed by atoms with Crippen LogP contribution in [0.2, 0.25) is 0 Å². The second-order valence-electron chi connectivity index (χ2n) is 6.63. The highest BCUT2D eigenvalue weighted by molar-refractivity contribution is 7.92. The lowest BCUT2D eigenvalue weighted by molar-refractivity contribution is 0.0951. The second-order valence-corrected chi connectivity index (χ2v) is 8.64. The summed E-state index contributed by atoms with van der Waals surface area (Å²) in [5, 5.41) is 5.54. The monoisotopic (exact) mass is 438 g/mol. The number of sulfonamides is 1. The van der Waals surface area contributed by atoms with Crippen molar-refractivity contribution in [2.75, 3.05) is 15.8 Å². The van der Waals surface area contributed by atoms with Crippen molar-refractivity contribution in [3.63, 3.8) is 0 Å². The molecule has 1 aromatic heterocycles. The summed E-state index contributed by atoms with van der Waals surface area (Å²) >= 11 is 0. The van der Waals surface area contributed by atoms with Gasteiger partial charge in [0.05, 0.1) is 17.0 Å². The Morgan fingerprint density at radius 1 is 0.935 bits per heavy atom. The summed E-state index contributed by atoms with van der Waals surface area (Å²) in [6.07, 6.45) is 3.32. The Bertz CT molecular complexity index is 1160. The first-order valence-corrected chi connectivity index (χ1v) is 11.2. The lowest BCUT2D eigenvalue weighted by Gasteiger charge is -2.12. The highest BCUT2D eigenvalue weighted by Crippen LogP contribution is 2.18. The zero-order chi connectivity index (χ0) is 22.3. The molecule has 0 aliphatic rings. The lowest BCUT2D eigenvalue weighted by Crippen LogP contribution is -2.25. The van der Waals surface area contributed by atoms with E-state index in [1.54, 1.807) is 42.7 Å². The Balaban J connectivity index is 1.68. The maximum atomic E-state index is 12.6. The van der Waals surface area contributed by atoms with Crippen molar-refractivity contribution >= 4 is 33.2 Å². The molecule has 31 heavy (non-hydrogen) atoms. The fourth-order valence-electron chi connectivity index (χ4n) is 2.71. The van der Waals surface area contributed by atoms with E-state index >= 15 is 0 Å². The number of anilines is 2. The Hall–Kier alpha value is -3.72. The molecule has 0 aliphatic heterocycles. The van der Waals surface area contributed by atoms with Crippen molar-refractivity contribution in [1.82, 2.24) is 10.3 Å². The van der Waals surface area contributed by atoms with Crippen LogP contribution in [-0.4, -0.2) is 31.0 Å². The third kappa shape index (κ3) is 6.13. The quantitative estimate of drug-likeness (QED) is 0.500. The average Bonchev–Trinajstić information content (AvgIpc) is 2.79. The Kier molecular flexibility index (Phi) is 6.99. The summed E-state index contributed by atoms with van der Waals surface area (Å²) in [5.41, 5.74) is 2.24. The van der Waals surface area contributed by atoms with E-state index in [1.807, 2.05) is 6.07 Å². The van der Waals surface area contributed by atoms with E-state index in [0.717, 1.165) is 5.56 Å². The molecule has 0 bridgehead atoms. The van der Waals surface area contributed by atoms with Gasteiger partial charge in [0.1, 0.15) is 0 Å². The number of hydrogen-bond donors (Lipinski definition) is 3. The van der Waals surface area contributed by atoms with E-state index in [9.17, 15) is 18.0 Å². The number of hydrogen-bond acceptors (Lipinski definition) is 5. The molecule has 1 heterocycles. The Morgan fingerprint density at radius 3 is 2.35 bits per heavy atom. The normalized spacial score (nSPS) is 10.9. The van der Waals surface area contributed by atoms with E-state index in [2.05, 4.69) is 20.3 Å². The van der Waals surface area contributed by atoms with Gasteiger partial charge in [-0.2, -0.15) is 0 Å². The molecule has 0 spiro atoms. The van der Waals surface area contributed by atoms with Gasteiger partial charge in [-0.1, -0.05) is 18.2 Å². The molecule has 0 fully saturated rings. The van der Waals surface area contributed by atoms with E-state index < -0.39 is 15.9 Å². The molecule has 0 radical (unpaired) electrons. The number of amides is 2. The van der Waals surface area contributed by atoms with Crippen LogP contribution in [0.15, 0.2) is 73.1 Å². The first kappa shape index (κ1) is 22.0. The van der Waals surface area contributed by atoms with Crippen LogP contribution in [0.5, 0.6) is 0 Å². The summed E-state index contributed by atoms with van der Waals surface area (Å²) in [6.45, 7) is 1.85. The summed E-state index contributed by atoms with van der Waals surface area (Å²) in [4.78, 5) is 29.3. The fraction of sp³-hybridized carbons (Fsp3) is 0.136. The molecule has 160 valence electrons. The van der Waals surface area contributed by atoms with Crippen LogP contribution < -0.4 is 15.4 Å². The van der Waals surface area contributed by atoms with Crippen molar-refractivity contribution in [2.45, 2.75) is 13.5 Å². The number of aromatic nitrogens is 1. The lowest BCUT2D eigenvalue weighted by atomic mass is 10.1. The van der Waals surface area contributed by atoms with Gasteiger partial charge in [-0.05, 0) is 55.0 Å². The van der Waals surface area contributed by atoms with Crippen LogP contribution in [0.3, 0.4) is 0 Å². The molecule has 0 saturated heterocycles. The number of para-hydroxylation sites is 1. The van der Waals surface area contributed by atoms with Crippen molar-refractivity contribution in [1.29, 1.82) is 0 Å². The number of carbonyl (C=O) groups excluding carboxylic acids is 2. The standard InChI is InChI=1S/C22H22N4O4S/c1-2-31(29,30)26-18-11-9-17(10-12-18)21(27)25-20-8-4-3-7-19(20)22(28)24-15-16-6-5-13-23-14-16/h3-14,26H,2,15H2,1H3,(H,24,28)(H,25,27). The summed E-state index contributed by atoms with van der Waals surface area (Å²) in [5.74, 6) is -0.795. The average molecular weight is 439 g/mol. The zero-order valence-corrected chi connectivity index (χ0v) is 17.6. The van der Waals surface area contributed by atoms with Gasteiger partial charge in [0.2, 0.25) is 10.0 Å². The van der Waals surface area contributed by atoms with E-state index in [1.165, 1.54) is 31.2 Å². The minimum absolute atomic E-state index is 0.0468. The predicted octanol–water partition coefficient (Wildman–Crippen LogP) is 3.03. The van der Waals surface area contributed by atoms with E-state index in [-0.39, 0.29) is 11.7 Å². The largest absolute Gasteiger partial charge is 0.348 e. The molecule has 9 heteroatoms. The van der Waals surface area contributed by atoms with Gasteiger partial charge in [-0.25, -0.2) is 8.42 Å².